The largest absolute Gasteiger partial charge is 0.489 e. The smallest absolute Gasteiger partial charge is 0.303 e. The number of benzene rings is 2. The molecular formula is C26H26N2O3S. The molecule has 5 nitrogen and oxygen atoms in total. The highest BCUT2D eigenvalue weighted by atomic mass is 32.1. The molecule has 1 heterocycles. The second-order valence-corrected chi connectivity index (χ2v) is 9.36. The number of ether oxygens (including phenoxy) is 1. The topological polar surface area (TPSA) is 83.2 Å². The zero-order valence-corrected chi connectivity index (χ0v) is 19.3. The summed E-state index contributed by atoms with van der Waals surface area (Å²) in [6.07, 6.45) is 4.77. The van der Waals surface area contributed by atoms with Crippen LogP contribution in [-0.2, 0) is 11.2 Å². The van der Waals surface area contributed by atoms with Gasteiger partial charge in [0.05, 0.1) is 23.0 Å². The fraction of sp³-hybridized carbons (Fsp3) is 0.346. The van der Waals surface area contributed by atoms with Gasteiger partial charge in [0.25, 0.3) is 0 Å². The summed E-state index contributed by atoms with van der Waals surface area (Å²) < 4.78 is 5.87. The molecule has 0 spiro atoms. The maximum atomic E-state index is 11.2. The SMILES string of the molecule is CCC(C)Oc1ccc(-c2cnc(-c3ccc4c(c3C)CCC4CC(=O)O)s2)cc1C#N. The van der Waals surface area contributed by atoms with E-state index < -0.39 is 5.97 Å². The van der Waals surface area contributed by atoms with E-state index in [-0.39, 0.29) is 18.4 Å². The summed E-state index contributed by atoms with van der Waals surface area (Å²) in [4.78, 5) is 16.8. The molecule has 2 atom stereocenters. The summed E-state index contributed by atoms with van der Waals surface area (Å²) in [5.41, 5.74) is 6.18. The third kappa shape index (κ3) is 4.26. The molecule has 0 fully saturated rings. The highest BCUT2D eigenvalue weighted by Gasteiger charge is 2.27. The van der Waals surface area contributed by atoms with Crippen molar-refractivity contribution in [2.75, 3.05) is 0 Å². The number of aromatic nitrogens is 1. The van der Waals surface area contributed by atoms with E-state index in [1.807, 2.05) is 31.3 Å². The fourth-order valence-corrected chi connectivity index (χ4v) is 5.32. The Bertz CT molecular complexity index is 1210. The zero-order chi connectivity index (χ0) is 22.8. The zero-order valence-electron chi connectivity index (χ0n) is 18.5. The van der Waals surface area contributed by atoms with Gasteiger partial charge in [-0.2, -0.15) is 5.26 Å². The van der Waals surface area contributed by atoms with E-state index in [0.29, 0.717) is 11.3 Å². The molecule has 32 heavy (non-hydrogen) atoms. The summed E-state index contributed by atoms with van der Waals surface area (Å²) >= 11 is 1.60. The first-order valence-corrected chi connectivity index (χ1v) is 11.7. The lowest BCUT2D eigenvalue weighted by atomic mass is 9.94. The van der Waals surface area contributed by atoms with Crippen molar-refractivity contribution in [3.63, 3.8) is 0 Å². The van der Waals surface area contributed by atoms with Gasteiger partial charge in [-0.25, -0.2) is 4.98 Å². The Labute approximate surface area is 192 Å². The van der Waals surface area contributed by atoms with Gasteiger partial charge in [-0.15, -0.1) is 11.3 Å². The Kier molecular flexibility index (Phi) is 6.29. The third-order valence-electron chi connectivity index (χ3n) is 6.26. The minimum absolute atomic E-state index is 0.0563. The molecule has 6 heteroatoms. The average molecular weight is 447 g/mol. The quantitative estimate of drug-likeness (QED) is 0.458. The van der Waals surface area contributed by atoms with E-state index in [0.717, 1.165) is 40.3 Å². The Morgan fingerprint density at radius 1 is 1.38 bits per heavy atom. The summed E-state index contributed by atoms with van der Waals surface area (Å²) in [5, 5.41) is 19.7. The van der Waals surface area contributed by atoms with E-state index in [2.05, 4.69) is 37.0 Å². The first-order chi connectivity index (χ1) is 15.4. The minimum Gasteiger partial charge on any atom is -0.489 e. The summed E-state index contributed by atoms with van der Waals surface area (Å²) in [6, 6.07) is 12.1. The van der Waals surface area contributed by atoms with Gasteiger partial charge in [-0.05, 0) is 79.5 Å². The molecule has 2 aromatic carbocycles. The number of carboxylic acid groups (broad SMARTS) is 1. The Hall–Kier alpha value is -3.17. The summed E-state index contributed by atoms with van der Waals surface area (Å²) in [7, 11) is 0. The van der Waals surface area contributed by atoms with Gasteiger partial charge in [0, 0.05) is 11.8 Å². The molecule has 4 rings (SSSR count). The van der Waals surface area contributed by atoms with Gasteiger partial charge in [-0.1, -0.05) is 19.1 Å². The van der Waals surface area contributed by atoms with Gasteiger partial charge >= 0.3 is 5.97 Å². The van der Waals surface area contributed by atoms with Crippen LogP contribution in [0.5, 0.6) is 5.75 Å². The summed E-state index contributed by atoms with van der Waals surface area (Å²) in [6.45, 7) is 6.15. The third-order valence-corrected chi connectivity index (χ3v) is 7.34. The van der Waals surface area contributed by atoms with Crippen molar-refractivity contribution in [2.45, 2.75) is 58.5 Å². The van der Waals surface area contributed by atoms with E-state index in [4.69, 9.17) is 4.74 Å². The number of nitrogens with zero attached hydrogens (tertiary/aromatic N) is 2. The van der Waals surface area contributed by atoms with Crippen LogP contribution in [0, 0.1) is 18.3 Å². The van der Waals surface area contributed by atoms with Crippen LogP contribution >= 0.6 is 11.3 Å². The molecule has 0 saturated carbocycles. The molecule has 0 bridgehead atoms. The van der Waals surface area contributed by atoms with E-state index in [1.165, 1.54) is 16.7 Å². The molecule has 0 aliphatic heterocycles. The number of fused-ring (bicyclic) bond motifs is 1. The highest BCUT2D eigenvalue weighted by molar-refractivity contribution is 7.18. The van der Waals surface area contributed by atoms with Crippen molar-refractivity contribution in [3.05, 3.63) is 58.8 Å². The van der Waals surface area contributed by atoms with E-state index >= 15 is 0 Å². The Morgan fingerprint density at radius 2 is 2.19 bits per heavy atom. The molecule has 0 saturated heterocycles. The van der Waals surface area contributed by atoms with E-state index in [1.54, 1.807) is 11.3 Å². The lowest BCUT2D eigenvalue weighted by Gasteiger charge is -2.14. The standard InChI is InChI=1S/C26H26N2O3S/c1-4-15(2)31-23-10-6-18(11-19(23)13-27)24-14-28-26(32-24)21-8-9-22-17(12-25(29)30)5-7-20(22)16(21)3/h6,8-11,14-15,17H,4-5,7,12H2,1-3H3,(H,29,30). The minimum atomic E-state index is -0.744. The van der Waals surface area contributed by atoms with Crippen LogP contribution in [0.25, 0.3) is 21.0 Å². The van der Waals surface area contributed by atoms with Crippen molar-refractivity contribution in [2.24, 2.45) is 0 Å². The number of rotatable bonds is 7. The van der Waals surface area contributed by atoms with Crippen LogP contribution in [0.15, 0.2) is 36.5 Å². The van der Waals surface area contributed by atoms with Gasteiger partial charge in [0.15, 0.2) is 0 Å². The maximum Gasteiger partial charge on any atom is 0.303 e. The number of carbonyl (C=O) groups is 1. The Balaban J connectivity index is 1.63. The molecule has 1 aliphatic carbocycles. The number of nitriles is 1. The molecule has 1 N–H and O–H groups in total. The number of hydrogen-bond donors (Lipinski definition) is 1. The second-order valence-electron chi connectivity index (χ2n) is 8.33. The van der Waals surface area contributed by atoms with Crippen LogP contribution in [0.2, 0.25) is 0 Å². The van der Waals surface area contributed by atoms with Crippen molar-refractivity contribution >= 4 is 17.3 Å². The number of hydrogen-bond acceptors (Lipinski definition) is 5. The van der Waals surface area contributed by atoms with Gasteiger partial charge < -0.3 is 9.84 Å². The van der Waals surface area contributed by atoms with Crippen LogP contribution in [-0.4, -0.2) is 22.2 Å². The first-order valence-electron chi connectivity index (χ1n) is 10.9. The predicted molar refractivity (Wildman–Crippen MR) is 126 cm³/mol. The van der Waals surface area contributed by atoms with Crippen molar-refractivity contribution < 1.29 is 14.6 Å². The van der Waals surface area contributed by atoms with Crippen LogP contribution < -0.4 is 4.74 Å². The lowest BCUT2D eigenvalue weighted by molar-refractivity contribution is -0.137. The first kappa shape index (κ1) is 22.0. The summed E-state index contributed by atoms with van der Waals surface area (Å²) in [5.74, 6) is -0.0326. The van der Waals surface area contributed by atoms with Gasteiger partial charge in [0.1, 0.15) is 16.8 Å². The van der Waals surface area contributed by atoms with Crippen molar-refractivity contribution in [1.82, 2.24) is 4.98 Å². The molecule has 164 valence electrons. The monoisotopic (exact) mass is 446 g/mol. The molecular weight excluding hydrogens is 420 g/mol. The number of carboxylic acids is 1. The normalized spacial score (nSPS) is 15.8. The predicted octanol–water partition coefficient (Wildman–Crippen LogP) is 6.34. The molecule has 1 aromatic heterocycles. The molecule has 1 aliphatic rings. The van der Waals surface area contributed by atoms with Gasteiger partial charge in [0.2, 0.25) is 0 Å². The number of aliphatic carboxylic acids is 1. The molecule has 3 aromatic rings. The number of thiazole rings is 1. The Morgan fingerprint density at radius 3 is 2.91 bits per heavy atom. The fourth-order valence-electron chi connectivity index (χ4n) is 4.33. The average Bonchev–Trinajstić information content (AvgIpc) is 3.42. The van der Waals surface area contributed by atoms with Crippen molar-refractivity contribution in [3.8, 4) is 32.8 Å². The van der Waals surface area contributed by atoms with Crippen LogP contribution in [0.4, 0.5) is 0 Å². The molecule has 0 amide bonds. The van der Waals surface area contributed by atoms with Crippen molar-refractivity contribution in [1.29, 1.82) is 5.26 Å². The lowest BCUT2D eigenvalue weighted by Crippen LogP contribution is -2.10. The van der Waals surface area contributed by atoms with Gasteiger partial charge in [-0.3, -0.25) is 4.79 Å². The second kappa shape index (κ2) is 9.13. The van der Waals surface area contributed by atoms with E-state index in [9.17, 15) is 15.2 Å². The van der Waals surface area contributed by atoms with Crippen LogP contribution in [0.3, 0.4) is 0 Å². The highest BCUT2D eigenvalue weighted by Crippen LogP contribution is 2.42. The maximum absolute atomic E-state index is 11.2. The molecule has 2 unspecified atom stereocenters. The van der Waals surface area contributed by atoms with Crippen LogP contribution in [0.1, 0.15) is 61.3 Å². The molecule has 0 radical (unpaired) electrons.